The Hall–Kier alpha value is -2.11. The van der Waals surface area contributed by atoms with Gasteiger partial charge in [-0.3, -0.25) is 9.59 Å². The molecule has 1 heterocycles. The maximum atomic E-state index is 12.7. The van der Waals surface area contributed by atoms with Gasteiger partial charge >= 0.3 is 0 Å². The normalized spacial score (nSPS) is 33.8. The van der Waals surface area contributed by atoms with Crippen LogP contribution < -0.4 is 10.7 Å². The fraction of sp³-hybridized carbons (Fsp3) is 0.611. The Bertz CT molecular complexity index is 615. The van der Waals surface area contributed by atoms with Crippen LogP contribution in [-0.4, -0.2) is 24.6 Å². The first-order valence-corrected chi connectivity index (χ1v) is 8.77. The summed E-state index contributed by atoms with van der Waals surface area (Å²) >= 11 is 0. The van der Waals surface area contributed by atoms with Gasteiger partial charge in [-0.25, -0.2) is 5.43 Å². The Morgan fingerprint density at radius 1 is 1.21 bits per heavy atom. The summed E-state index contributed by atoms with van der Waals surface area (Å²) in [4.78, 5) is 24.5. The molecule has 128 valence electrons. The number of carbonyl (C=O) groups is 2. The summed E-state index contributed by atoms with van der Waals surface area (Å²) in [5, 5.41) is 6.65. The van der Waals surface area contributed by atoms with Crippen LogP contribution in [0.5, 0.6) is 0 Å². The van der Waals surface area contributed by atoms with Crippen molar-refractivity contribution in [3.05, 3.63) is 24.2 Å². The van der Waals surface area contributed by atoms with E-state index in [1.54, 1.807) is 12.1 Å². The van der Waals surface area contributed by atoms with Gasteiger partial charge in [0.2, 0.25) is 5.91 Å². The quantitative estimate of drug-likeness (QED) is 0.641. The van der Waals surface area contributed by atoms with Crippen molar-refractivity contribution >= 4 is 18.0 Å². The van der Waals surface area contributed by atoms with E-state index in [1.165, 1.54) is 31.7 Å². The second-order valence-electron chi connectivity index (χ2n) is 7.69. The first kappa shape index (κ1) is 15.4. The Morgan fingerprint density at radius 2 is 1.88 bits per heavy atom. The first-order chi connectivity index (χ1) is 11.6. The van der Waals surface area contributed by atoms with Gasteiger partial charge in [0, 0.05) is 5.41 Å². The van der Waals surface area contributed by atoms with Crippen molar-refractivity contribution < 1.29 is 14.0 Å². The Balaban J connectivity index is 1.28. The van der Waals surface area contributed by atoms with Crippen LogP contribution >= 0.6 is 0 Å². The summed E-state index contributed by atoms with van der Waals surface area (Å²) in [7, 11) is 0. The summed E-state index contributed by atoms with van der Waals surface area (Å²) in [6.45, 7) is -0.0317. The Morgan fingerprint density at radius 3 is 2.46 bits per heavy atom. The van der Waals surface area contributed by atoms with Crippen LogP contribution in [0.1, 0.15) is 44.3 Å². The molecule has 4 fully saturated rings. The lowest BCUT2D eigenvalue weighted by atomic mass is 9.49. The van der Waals surface area contributed by atoms with Crippen molar-refractivity contribution in [1.29, 1.82) is 0 Å². The SMILES string of the molecule is O=C(CNC(=O)C12CC3CC(CC(C3)C1)C2)N/N=C\c1ccco1. The predicted molar refractivity (Wildman–Crippen MR) is 88.1 cm³/mol. The average Bonchev–Trinajstić information content (AvgIpc) is 3.04. The second kappa shape index (κ2) is 6.07. The average molecular weight is 329 g/mol. The minimum atomic E-state index is -0.323. The van der Waals surface area contributed by atoms with Crippen LogP contribution in [0.4, 0.5) is 0 Å². The molecule has 0 spiro atoms. The van der Waals surface area contributed by atoms with Crippen molar-refractivity contribution in [2.45, 2.75) is 38.5 Å². The molecule has 4 aliphatic rings. The molecular formula is C18H23N3O3. The van der Waals surface area contributed by atoms with E-state index >= 15 is 0 Å². The first-order valence-electron chi connectivity index (χ1n) is 8.77. The highest BCUT2D eigenvalue weighted by Crippen LogP contribution is 2.60. The maximum Gasteiger partial charge on any atom is 0.259 e. The molecule has 6 heteroatoms. The fourth-order valence-electron chi connectivity index (χ4n) is 5.31. The molecule has 1 aromatic rings. The van der Waals surface area contributed by atoms with Crippen LogP contribution in [0.3, 0.4) is 0 Å². The van der Waals surface area contributed by atoms with Gasteiger partial charge in [-0.2, -0.15) is 5.10 Å². The van der Waals surface area contributed by atoms with Gasteiger partial charge in [0.05, 0.1) is 19.0 Å². The van der Waals surface area contributed by atoms with Crippen LogP contribution in [0.25, 0.3) is 0 Å². The van der Waals surface area contributed by atoms with E-state index in [9.17, 15) is 9.59 Å². The van der Waals surface area contributed by atoms with E-state index in [0.717, 1.165) is 19.3 Å². The number of rotatable bonds is 5. The van der Waals surface area contributed by atoms with Gasteiger partial charge in [-0.15, -0.1) is 0 Å². The number of carbonyl (C=O) groups excluding carboxylic acids is 2. The molecule has 0 aromatic carbocycles. The van der Waals surface area contributed by atoms with E-state index < -0.39 is 0 Å². The van der Waals surface area contributed by atoms with Gasteiger partial charge in [-0.1, -0.05) is 0 Å². The standard InChI is InChI=1S/C18H23N3O3/c22-16(21-20-10-15-2-1-3-24-15)11-19-17(23)18-7-12-4-13(8-18)6-14(5-12)9-18/h1-3,10,12-14H,4-9,11H2,(H,19,23)(H,21,22)/b20-10-. The highest BCUT2D eigenvalue weighted by Gasteiger charge is 2.54. The minimum Gasteiger partial charge on any atom is -0.463 e. The summed E-state index contributed by atoms with van der Waals surface area (Å²) in [6, 6.07) is 3.49. The minimum absolute atomic E-state index is 0.0317. The van der Waals surface area contributed by atoms with E-state index in [1.807, 2.05) is 0 Å². The fourth-order valence-corrected chi connectivity index (χ4v) is 5.31. The third kappa shape index (κ3) is 2.97. The lowest BCUT2D eigenvalue weighted by molar-refractivity contribution is -0.147. The number of hydrogen-bond acceptors (Lipinski definition) is 4. The molecule has 4 saturated carbocycles. The topological polar surface area (TPSA) is 83.7 Å². The Kier molecular flexibility index (Phi) is 3.90. The molecule has 2 amide bonds. The molecule has 0 aliphatic heterocycles. The number of hydrazone groups is 1. The highest BCUT2D eigenvalue weighted by atomic mass is 16.3. The zero-order valence-corrected chi connectivity index (χ0v) is 13.7. The molecule has 4 bridgehead atoms. The third-order valence-electron chi connectivity index (χ3n) is 5.85. The maximum absolute atomic E-state index is 12.7. The predicted octanol–water partition coefficient (Wildman–Crippen LogP) is 2.06. The summed E-state index contributed by atoms with van der Waals surface area (Å²) in [5.74, 6) is 2.45. The van der Waals surface area contributed by atoms with Gasteiger partial charge in [0.25, 0.3) is 5.91 Å². The monoisotopic (exact) mass is 329 g/mol. The molecule has 2 N–H and O–H groups in total. The molecule has 1 aromatic heterocycles. The molecular weight excluding hydrogens is 306 g/mol. The highest BCUT2D eigenvalue weighted by molar-refractivity contribution is 5.88. The molecule has 0 atom stereocenters. The van der Waals surface area contributed by atoms with Gasteiger partial charge in [-0.05, 0) is 68.4 Å². The molecule has 4 aliphatic carbocycles. The van der Waals surface area contributed by atoms with Crippen molar-refractivity contribution in [3.8, 4) is 0 Å². The summed E-state index contributed by atoms with van der Waals surface area (Å²) < 4.78 is 5.08. The smallest absolute Gasteiger partial charge is 0.259 e. The second-order valence-corrected chi connectivity index (χ2v) is 7.69. The zero-order valence-electron chi connectivity index (χ0n) is 13.7. The number of hydrogen-bond donors (Lipinski definition) is 2. The van der Waals surface area contributed by atoms with Crippen LogP contribution in [0.15, 0.2) is 27.9 Å². The zero-order chi connectivity index (χ0) is 16.6. The molecule has 5 rings (SSSR count). The van der Waals surface area contributed by atoms with E-state index in [0.29, 0.717) is 23.5 Å². The summed E-state index contributed by atoms with van der Waals surface area (Å²) in [6.07, 6.45) is 9.88. The number of nitrogens with zero attached hydrogens (tertiary/aromatic N) is 1. The van der Waals surface area contributed by atoms with Gasteiger partial charge in [0.15, 0.2) is 0 Å². The van der Waals surface area contributed by atoms with E-state index in [4.69, 9.17) is 4.42 Å². The molecule has 0 unspecified atom stereocenters. The Labute approximate surface area is 141 Å². The van der Waals surface area contributed by atoms with Crippen LogP contribution in [-0.2, 0) is 9.59 Å². The lowest BCUT2D eigenvalue weighted by Crippen LogP contribution is -2.54. The van der Waals surface area contributed by atoms with Crippen molar-refractivity contribution in [3.63, 3.8) is 0 Å². The van der Waals surface area contributed by atoms with Crippen molar-refractivity contribution in [2.24, 2.45) is 28.3 Å². The largest absolute Gasteiger partial charge is 0.463 e. The van der Waals surface area contributed by atoms with E-state index in [-0.39, 0.29) is 23.8 Å². The molecule has 24 heavy (non-hydrogen) atoms. The van der Waals surface area contributed by atoms with Gasteiger partial charge < -0.3 is 9.73 Å². The van der Waals surface area contributed by atoms with Crippen molar-refractivity contribution in [2.75, 3.05) is 6.54 Å². The van der Waals surface area contributed by atoms with Gasteiger partial charge in [0.1, 0.15) is 5.76 Å². The lowest BCUT2D eigenvalue weighted by Gasteiger charge is -2.55. The van der Waals surface area contributed by atoms with Crippen LogP contribution in [0.2, 0.25) is 0 Å². The molecule has 6 nitrogen and oxygen atoms in total. The molecule has 0 radical (unpaired) electrons. The third-order valence-corrected chi connectivity index (χ3v) is 5.85. The van der Waals surface area contributed by atoms with Crippen molar-refractivity contribution in [1.82, 2.24) is 10.7 Å². The molecule has 0 saturated heterocycles. The van der Waals surface area contributed by atoms with E-state index in [2.05, 4.69) is 15.8 Å². The van der Waals surface area contributed by atoms with Crippen LogP contribution in [0, 0.1) is 23.2 Å². The number of nitrogens with one attached hydrogen (secondary N) is 2. The number of furan rings is 1. The summed E-state index contributed by atoms with van der Waals surface area (Å²) in [5.41, 5.74) is 2.19. The number of amides is 2.